The van der Waals surface area contributed by atoms with Crippen LogP contribution < -0.4 is 19.8 Å². The van der Waals surface area contributed by atoms with Crippen molar-refractivity contribution in [1.29, 1.82) is 0 Å². The second-order valence-corrected chi connectivity index (χ2v) is 9.40. The van der Waals surface area contributed by atoms with Crippen LogP contribution in [-0.4, -0.2) is 66.5 Å². The van der Waals surface area contributed by atoms with E-state index in [-0.39, 0.29) is 30.4 Å². The fraction of sp³-hybridized carbons (Fsp3) is 0.357. The highest BCUT2D eigenvalue weighted by Crippen LogP contribution is 2.32. The predicted octanol–water partition coefficient (Wildman–Crippen LogP) is 2.39. The first-order chi connectivity index (χ1) is 18.2. The summed E-state index contributed by atoms with van der Waals surface area (Å²) in [5.74, 6) is 0.597. The van der Waals surface area contributed by atoms with Gasteiger partial charge in [0.1, 0.15) is 17.9 Å². The minimum Gasteiger partial charge on any atom is -0.485 e. The molecule has 2 aromatic carbocycles. The second kappa shape index (κ2) is 10.2. The smallest absolute Gasteiger partial charge is 0.340 e. The van der Waals surface area contributed by atoms with Crippen LogP contribution in [-0.2, 0) is 20.8 Å². The first kappa shape index (κ1) is 25.3. The van der Waals surface area contributed by atoms with Crippen LogP contribution in [0.25, 0.3) is 11.0 Å². The lowest BCUT2D eigenvalue weighted by atomic mass is 10.0. The number of carbonyl (C=O) groups is 3. The van der Waals surface area contributed by atoms with E-state index < -0.39 is 17.7 Å². The molecule has 5 rings (SSSR count). The number of aryl methyl sites for hydroxylation is 2. The molecule has 2 amide bonds. The van der Waals surface area contributed by atoms with Crippen LogP contribution in [0.5, 0.6) is 17.2 Å². The van der Waals surface area contributed by atoms with Gasteiger partial charge in [-0.2, -0.15) is 0 Å². The molecule has 3 heterocycles. The molecule has 0 radical (unpaired) electrons. The van der Waals surface area contributed by atoms with E-state index in [9.17, 15) is 19.2 Å². The van der Waals surface area contributed by atoms with Crippen molar-refractivity contribution >= 4 is 28.8 Å². The Morgan fingerprint density at radius 2 is 1.63 bits per heavy atom. The number of nitrogens with zero attached hydrogens (tertiary/aromatic N) is 2. The lowest BCUT2D eigenvalue weighted by Crippen LogP contribution is -2.55. The SMILES string of the molecule is CC(=O)Oc1ccc2c(C)c(CC(=O)N3CCN(C(=O)[C@H]4COc5ccccc5O4)CC3)c(=O)oc2c1C. The zero-order chi connectivity index (χ0) is 27.0. The van der Waals surface area contributed by atoms with Crippen LogP contribution in [0.4, 0.5) is 0 Å². The molecule has 1 atom stereocenters. The Hall–Kier alpha value is -4.34. The molecule has 0 unspecified atom stereocenters. The van der Waals surface area contributed by atoms with Crippen molar-refractivity contribution < 1.29 is 33.0 Å². The van der Waals surface area contributed by atoms with Crippen LogP contribution in [0.15, 0.2) is 45.6 Å². The van der Waals surface area contributed by atoms with E-state index >= 15 is 0 Å². The van der Waals surface area contributed by atoms with Gasteiger partial charge in [0.05, 0.1) is 12.0 Å². The van der Waals surface area contributed by atoms with Gasteiger partial charge < -0.3 is 28.4 Å². The average molecular weight is 521 g/mol. The number of fused-ring (bicyclic) bond motifs is 2. The van der Waals surface area contributed by atoms with E-state index in [4.69, 9.17) is 18.6 Å². The average Bonchev–Trinajstić information content (AvgIpc) is 2.92. The van der Waals surface area contributed by atoms with Crippen molar-refractivity contribution in [3.05, 3.63) is 63.5 Å². The summed E-state index contributed by atoms with van der Waals surface area (Å²) in [7, 11) is 0. The number of hydrogen-bond acceptors (Lipinski definition) is 8. The van der Waals surface area contributed by atoms with Crippen LogP contribution in [0, 0.1) is 13.8 Å². The van der Waals surface area contributed by atoms with Crippen molar-refractivity contribution in [1.82, 2.24) is 9.80 Å². The molecule has 1 aromatic heterocycles. The highest BCUT2D eigenvalue weighted by atomic mass is 16.6. The number of ether oxygens (including phenoxy) is 3. The maximum absolute atomic E-state index is 13.1. The monoisotopic (exact) mass is 520 g/mol. The minimum absolute atomic E-state index is 0.112. The third-order valence-electron chi connectivity index (χ3n) is 6.96. The molecule has 10 nitrogen and oxygen atoms in total. The number of para-hydroxylation sites is 2. The number of hydrogen-bond donors (Lipinski definition) is 0. The Morgan fingerprint density at radius 3 is 2.34 bits per heavy atom. The summed E-state index contributed by atoms with van der Waals surface area (Å²) in [6, 6.07) is 10.6. The zero-order valence-corrected chi connectivity index (χ0v) is 21.4. The van der Waals surface area contributed by atoms with Gasteiger partial charge >= 0.3 is 11.6 Å². The molecule has 10 heteroatoms. The number of benzene rings is 2. The lowest BCUT2D eigenvalue weighted by molar-refractivity contribution is -0.146. The molecular formula is C28H28N2O8. The van der Waals surface area contributed by atoms with Gasteiger partial charge in [-0.3, -0.25) is 14.4 Å². The zero-order valence-electron chi connectivity index (χ0n) is 21.4. The molecule has 38 heavy (non-hydrogen) atoms. The molecule has 2 aliphatic rings. The summed E-state index contributed by atoms with van der Waals surface area (Å²) in [4.78, 5) is 53.6. The van der Waals surface area contributed by atoms with Crippen molar-refractivity contribution in [2.75, 3.05) is 32.8 Å². The van der Waals surface area contributed by atoms with E-state index in [1.807, 2.05) is 12.1 Å². The number of esters is 1. The Morgan fingerprint density at radius 1 is 0.947 bits per heavy atom. The highest BCUT2D eigenvalue weighted by molar-refractivity contribution is 5.88. The first-order valence-electron chi connectivity index (χ1n) is 12.4. The van der Waals surface area contributed by atoms with Crippen LogP contribution >= 0.6 is 0 Å². The van der Waals surface area contributed by atoms with Gasteiger partial charge in [0.2, 0.25) is 12.0 Å². The van der Waals surface area contributed by atoms with E-state index in [0.29, 0.717) is 65.5 Å². The Kier molecular flexibility index (Phi) is 6.79. The van der Waals surface area contributed by atoms with E-state index in [2.05, 4.69) is 0 Å². The van der Waals surface area contributed by atoms with Gasteiger partial charge in [0.15, 0.2) is 11.5 Å². The molecule has 0 saturated carbocycles. The molecular weight excluding hydrogens is 492 g/mol. The minimum atomic E-state index is -0.734. The van der Waals surface area contributed by atoms with Gasteiger partial charge in [-0.1, -0.05) is 12.1 Å². The highest BCUT2D eigenvalue weighted by Gasteiger charge is 2.33. The Balaban J connectivity index is 1.24. The van der Waals surface area contributed by atoms with E-state index in [1.54, 1.807) is 47.9 Å². The molecule has 0 aliphatic carbocycles. The van der Waals surface area contributed by atoms with Gasteiger partial charge in [0.25, 0.3) is 5.91 Å². The summed E-state index contributed by atoms with van der Waals surface area (Å²) in [6.07, 6.45) is -0.846. The maximum atomic E-state index is 13.1. The third-order valence-corrected chi connectivity index (χ3v) is 6.96. The molecule has 0 N–H and O–H groups in total. The summed E-state index contributed by atoms with van der Waals surface area (Å²) in [5.41, 5.74) is 1.19. The number of piperazine rings is 1. The Bertz CT molecular complexity index is 1490. The number of amides is 2. The van der Waals surface area contributed by atoms with Crippen LogP contribution in [0.1, 0.15) is 23.6 Å². The maximum Gasteiger partial charge on any atom is 0.340 e. The van der Waals surface area contributed by atoms with Crippen LogP contribution in [0.2, 0.25) is 0 Å². The molecule has 1 saturated heterocycles. The molecule has 198 valence electrons. The normalized spacial score (nSPS) is 16.9. The summed E-state index contributed by atoms with van der Waals surface area (Å²) in [6.45, 7) is 6.31. The number of carbonyl (C=O) groups excluding carboxylic acids is 3. The van der Waals surface area contributed by atoms with E-state index in [1.165, 1.54) is 6.92 Å². The molecule has 1 fully saturated rings. The molecule has 0 spiro atoms. The summed E-state index contributed by atoms with van der Waals surface area (Å²) >= 11 is 0. The number of rotatable bonds is 4. The fourth-order valence-electron chi connectivity index (χ4n) is 4.82. The molecule has 3 aromatic rings. The van der Waals surface area contributed by atoms with Crippen molar-refractivity contribution in [3.8, 4) is 17.2 Å². The van der Waals surface area contributed by atoms with Crippen molar-refractivity contribution in [2.45, 2.75) is 33.3 Å². The second-order valence-electron chi connectivity index (χ2n) is 9.40. The quantitative estimate of drug-likeness (QED) is 0.293. The molecule has 2 aliphatic heterocycles. The fourth-order valence-corrected chi connectivity index (χ4v) is 4.82. The predicted molar refractivity (Wildman–Crippen MR) is 136 cm³/mol. The topological polar surface area (TPSA) is 116 Å². The van der Waals surface area contributed by atoms with Crippen LogP contribution in [0.3, 0.4) is 0 Å². The summed E-state index contributed by atoms with van der Waals surface area (Å²) in [5, 5.41) is 0.674. The largest absolute Gasteiger partial charge is 0.485 e. The molecule has 0 bridgehead atoms. The van der Waals surface area contributed by atoms with Crippen molar-refractivity contribution in [3.63, 3.8) is 0 Å². The summed E-state index contributed by atoms with van der Waals surface area (Å²) < 4.78 is 22.2. The first-order valence-corrected chi connectivity index (χ1v) is 12.4. The van der Waals surface area contributed by atoms with Gasteiger partial charge in [-0.15, -0.1) is 0 Å². The standard InChI is InChI=1S/C28H28N2O8/c1-16-19-8-9-21(36-18(3)31)17(2)26(19)38-28(34)20(16)14-25(32)29-10-12-30(13-11-29)27(33)24-15-35-22-6-4-5-7-23(22)37-24/h4-9,24H,10-15H2,1-3H3/t24-/m1/s1. The van der Waals surface area contributed by atoms with Gasteiger partial charge in [-0.25, -0.2) is 4.79 Å². The Labute approximate surface area is 218 Å². The van der Waals surface area contributed by atoms with E-state index in [0.717, 1.165) is 0 Å². The van der Waals surface area contributed by atoms with Gasteiger partial charge in [-0.05, 0) is 43.7 Å². The van der Waals surface area contributed by atoms with Crippen molar-refractivity contribution in [2.24, 2.45) is 0 Å². The van der Waals surface area contributed by atoms with Gasteiger partial charge in [0, 0.05) is 44.1 Å². The lowest BCUT2D eigenvalue weighted by Gasteiger charge is -2.37. The third kappa shape index (κ3) is 4.81.